The van der Waals surface area contributed by atoms with Crippen molar-refractivity contribution in [1.82, 2.24) is 5.32 Å². The Hall–Kier alpha value is -1.35. The molecule has 1 saturated carbocycles. The highest BCUT2D eigenvalue weighted by atomic mass is 16.1. The van der Waals surface area contributed by atoms with Crippen LogP contribution in [0.2, 0.25) is 0 Å². The molecule has 1 aromatic rings. The summed E-state index contributed by atoms with van der Waals surface area (Å²) in [6.45, 7) is 4.89. The molecule has 3 heteroatoms. The molecule has 0 heterocycles. The van der Waals surface area contributed by atoms with Crippen molar-refractivity contribution in [3.05, 3.63) is 29.8 Å². The molecule has 2 N–H and O–H groups in total. The normalized spacial score (nSPS) is 16.3. The van der Waals surface area contributed by atoms with E-state index in [9.17, 15) is 4.79 Å². The molecule has 0 saturated heterocycles. The van der Waals surface area contributed by atoms with E-state index in [2.05, 4.69) is 22.8 Å². The van der Waals surface area contributed by atoms with Crippen molar-refractivity contribution in [3.63, 3.8) is 0 Å². The highest BCUT2D eigenvalue weighted by Gasteiger charge is 2.19. The Kier molecular flexibility index (Phi) is 4.37. The average molecular weight is 246 g/mol. The SMILES string of the molecule is CCC(C)C(=O)Nc1ccc(CNC2CC2)cc1. The zero-order valence-electron chi connectivity index (χ0n) is 11.2. The quantitative estimate of drug-likeness (QED) is 0.810. The van der Waals surface area contributed by atoms with E-state index in [1.54, 1.807) is 0 Å². The average Bonchev–Trinajstić information content (AvgIpc) is 3.21. The highest BCUT2D eigenvalue weighted by Crippen LogP contribution is 2.19. The molecule has 0 bridgehead atoms. The number of carbonyl (C=O) groups excluding carboxylic acids is 1. The van der Waals surface area contributed by atoms with Crippen molar-refractivity contribution in [2.24, 2.45) is 5.92 Å². The molecule has 0 aromatic heterocycles. The first kappa shape index (κ1) is 13.1. The molecule has 1 aliphatic rings. The summed E-state index contributed by atoms with van der Waals surface area (Å²) < 4.78 is 0. The minimum absolute atomic E-state index is 0.0706. The number of hydrogen-bond acceptors (Lipinski definition) is 2. The molecule has 1 amide bonds. The van der Waals surface area contributed by atoms with Gasteiger partial charge < -0.3 is 10.6 Å². The molecular formula is C15H22N2O. The third-order valence-electron chi connectivity index (χ3n) is 3.45. The number of anilines is 1. The Bertz CT molecular complexity index is 395. The van der Waals surface area contributed by atoms with E-state index < -0.39 is 0 Å². The van der Waals surface area contributed by atoms with Gasteiger partial charge in [-0.05, 0) is 37.0 Å². The first-order valence-corrected chi connectivity index (χ1v) is 6.82. The Balaban J connectivity index is 1.84. The maximum absolute atomic E-state index is 11.7. The maximum Gasteiger partial charge on any atom is 0.227 e. The number of nitrogens with one attached hydrogen (secondary N) is 2. The van der Waals surface area contributed by atoms with Crippen molar-refractivity contribution in [1.29, 1.82) is 0 Å². The van der Waals surface area contributed by atoms with Crippen LogP contribution in [0.3, 0.4) is 0 Å². The molecule has 2 rings (SSSR count). The third kappa shape index (κ3) is 3.84. The van der Waals surface area contributed by atoms with Crippen molar-refractivity contribution < 1.29 is 4.79 Å². The molecule has 1 aromatic carbocycles. The predicted molar refractivity (Wildman–Crippen MR) is 74.4 cm³/mol. The summed E-state index contributed by atoms with van der Waals surface area (Å²) in [4.78, 5) is 11.7. The molecule has 0 radical (unpaired) electrons. The van der Waals surface area contributed by atoms with Crippen LogP contribution in [0.15, 0.2) is 24.3 Å². The summed E-state index contributed by atoms with van der Waals surface area (Å²) in [5.74, 6) is 0.169. The monoisotopic (exact) mass is 246 g/mol. The second-order valence-electron chi connectivity index (χ2n) is 5.15. The summed E-state index contributed by atoms with van der Waals surface area (Å²) in [6, 6.07) is 8.83. The molecule has 0 aliphatic heterocycles. The number of rotatable bonds is 6. The van der Waals surface area contributed by atoms with E-state index in [1.807, 2.05) is 26.0 Å². The fraction of sp³-hybridized carbons (Fsp3) is 0.533. The van der Waals surface area contributed by atoms with Crippen LogP contribution in [0.25, 0.3) is 0 Å². The van der Waals surface area contributed by atoms with Gasteiger partial charge in [-0.15, -0.1) is 0 Å². The van der Waals surface area contributed by atoms with Crippen molar-refractivity contribution in [2.45, 2.75) is 45.7 Å². The molecule has 1 aliphatic carbocycles. The van der Waals surface area contributed by atoms with Gasteiger partial charge in [0.05, 0.1) is 0 Å². The van der Waals surface area contributed by atoms with Crippen molar-refractivity contribution in [2.75, 3.05) is 5.32 Å². The van der Waals surface area contributed by atoms with Gasteiger partial charge in [0.15, 0.2) is 0 Å². The van der Waals surface area contributed by atoms with Crippen LogP contribution in [0, 0.1) is 5.92 Å². The van der Waals surface area contributed by atoms with Gasteiger partial charge in [0, 0.05) is 24.2 Å². The van der Waals surface area contributed by atoms with Crippen LogP contribution in [0.5, 0.6) is 0 Å². The summed E-state index contributed by atoms with van der Waals surface area (Å²) in [5.41, 5.74) is 2.15. The standard InChI is InChI=1S/C15H22N2O/c1-3-11(2)15(18)17-14-6-4-12(5-7-14)10-16-13-8-9-13/h4-7,11,13,16H,3,8-10H2,1-2H3,(H,17,18). The van der Waals surface area contributed by atoms with Crippen LogP contribution in [-0.2, 0) is 11.3 Å². The topological polar surface area (TPSA) is 41.1 Å². The molecule has 1 unspecified atom stereocenters. The van der Waals surface area contributed by atoms with Gasteiger partial charge in [-0.2, -0.15) is 0 Å². The van der Waals surface area contributed by atoms with Gasteiger partial charge >= 0.3 is 0 Å². The van der Waals surface area contributed by atoms with E-state index in [0.717, 1.165) is 24.7 Å². The Morgan fingerprint density at radius 1 is 1.33 bits per heavy atom. The number of hydrogen-bond donors (Lipinski definition) is 2. The van der Waals surface area contributed by atoms with Crippen LogP contribution in [0.1, 0.15) is 38.7 Å². The first-order chi connectivity index (χ1) is 8.69. The predicted octanol–water partition coefficient (Wildman–Crippen LogP) is 2.92. The first-order valence-electron chi connectivity index (χ1n) is 6.82. The highest BCUT2D eigenvalue weighted by molar-refractivity contribution is 5.92. The Labute approximate surface area is 109 Å². The van der Waals surface area contributed by atoms with Crippen LogP contribution in [0.4, 0.5) is 5.69 Å². The summed E-state index contributed by atoms with van der Waals surface area (Å²) in [7, 11) is 0. The summed E-state index contributed by atoms with van der Waals surface area (Å²) in [6.07, 6.45) is 3.49. The van der Waals surface area contributed by atoms with Crippen LogP contribution >= 0.6 is 0 Å². The van der Waals surface area contributed by atoms with E-state index >= 15 is 0 Å². The minimum atomic E-state index is 0.0706. The molecule has 1 atom stereocenters. The lowest BCUT2D eigenvalue weighted by molar-refractivity contribution is -0.119. The van der Waals surface area contributed by atoms with E-state index in [-0.39, 0.29) is 11.8 Å². The van der Waals surface area contributed by atoms with E-state index in [1.165, 1.54) is 18.4 Å². The van der Waals surface area contributed by atoms with Crippen molar-refractivity contribution in [3.8, 4) is 0 Å². The van der Waals surface area contributed by atoms with Gasteiger partial charge in [0.1, 0.15) is 0 Å². The molecule has 0 spiro atoms. The maximum atomic E-state index is 11.7. The number of benzene rings is 1. The second kappa shape index (κ2) is 6.01. The second-order valence-corrected chi connectivity index (χ2v) is 5.15. The molecular weight excluding hydrogens is 224 g/mol. The van der Waals surface area contributed by atoms with E-state index in [0.29, 0.717) is 0 Å². The smallest absolute Gasteiger partial charge is 0.227 e. The lowest BCUT2D eigenvalue weighted by Gasteiger charge is -2.10. The molecule has 1 fully saturated rings. The van der Waals surface area contributed by atoms with Gasteiger partial charge in [-0.1, -0.05) is 26.0 Å². The third-order valence-corrected chi connectivity index (χ3v) is 3.45. The number of carbonyl (C=O) groups is 1. The van der Waals surface area contributed by atoms with Crippen LogP contribution < -0.4 is 10.6 Å². The largest absolute Gasteiger partial charge is 0.326 e. The zero-order valence-corrected chi connectivity index (χ0v) is 11.2. The lowest BCUT2D eigenvalue weighted by Crippen LogP contribution is -2.19. The fourth-order valence-electron chi connectivity index (χ4n) is 1.71. The number of amides is 1. The van der Waals surface area contributed by atoms with Gasteiger partial charge in [0.2, 0.25) is 5.91 Å². The van der Waals surface area contributed by atoms with Gasteiger partial charge in [-0.25, -0.2) is 0 Å². The summed E-state index contributed by atoms with van der Waals surface area (Å²) in [5, 5.41) is 6.41. The fourth-order valence-corrected chi connectivity index (χ4v) is 1.71. The lowest BCUT2D eigenvalue weighted by atomic mass is 10.1. The van der Waals surface area contributed by atoms with E-state index in [4.69, 9.17) is 0 Å². The summed E-state index contributed by atoms with van der Waals surface area (Å²) >= 11 is 0. The Morgan fingerprint density at radius 3 is 2.56 bits per heavy atom. The Morgan fingerprint density at radius 2 is 2.00 bits per heavy atom. The minimum Gasteiger partial charge on any atom is -0.326 e. The zero-order chi connectivity index (χ0) is 13.0. The molecule has 3 nitrogen and oxygen atoms in total. The molecule has 98 valence electrons. The van der Waals surface area contributed by atoms with Crippen LogP contribution in [-0.4, -0.2) is 11.9 Å². The molecule has 18 heavy (non-hydrogen) atoms. The van der Waals surface area contributed by atoms with Gasteiger partial charge in [0.25, 0.3) is 0 Å². The van der Waals surface area contributed by atoms with Crippen molar-refractivity contribution >= 4 is 11.6 Å². The van der Waals surface area contributed by atoms with Gasteiger partial charge in [-0.3, -0.25) is 4.79 Å².